The summed E-state index contributed by atoms with van der Waals surface area (Å²) in [5, 5.41) is -0.336. The van der Waals surface area contributed by atoms with Gasteiger partial charge in [-0.15, -0.1) is 11.6 Å². The molecule has 1 aromatic carbocycles. The van der Waals surface area contributed by atoms with Crippen LogP contribution in [0.15, 0.2) is 30.3 Å². The zero-order valence-electron chi connectivity index (χ0n) is 11.3. The normalized spacial score (nSPS) is 33.1. The molecule has 20 heavy (non-hydrogen) atoms. The number of benzene rings is 1. The van der Waals surface area contributed by atoms with Crippen molar-refractivity contribution in [3.8, 4) is 0 Å². The van der Waals surface area contributed by atoms with E-state index < -0.39 is 7.75 Å². The van der Waals surface area contributed by atoms with E-state index in [-0.39, 0.29) is 18.1 Å². The van der Waals surface area contributed by atoms with E-state index in [4.69, 9.17) is 20.6 Å². The Bertz CT molecular complexity index is 492. The van der Waals surface area contributed by atoms with Crippen LogP contribution in [0.2, 0.25) is 0 Å². The van der Waals surface area contributed by atoms with Crippen LogP contribution in [-0.4, -0.2) is 30.5 Å². The molecule has 0 aromatic heterocycles. The molecule has 110 valence electrons. The second-order valence-corrected chi connectivity index (χ2v) is 7.68. The van der Waals surface area contributed by atoms with Gasteiger partial charge in [0.05, 0.1) is 12.0 Å². The molecular weight excluding hydrogens is 297 g/mol. The third-order valence-corrected chi connectivity index (χ3v) is 6.43. The predicted molar refractivity (Wildman–Crippen MR) is 78.9 cm³/mol. The van der Waals surface area contributed by atoms with Gasteiger partial charge in [-0.05, 0) is 18.4 Å². The standard InChI is InChI=1S/C14H19ClNO3P/c15-14(12-7-3-1-4-8-12)13-11-18-20(17,19-13)16-9-5-2-6-10-16/h1,3-4,7-8,13-14H,2,5-6,9-11H2. The Morgan fingerprint density at radius 3 is 2.60 bits per heavy atom. The van der Waals surface area contributed by atoms with Crippen molar-refractivity contribution < 1.29 is 13.6 Å². The molecule has 0 aliphatic carbocycles. The van der Waals surface area contributed by atoms with Crippen molar-refractivity contribution in [1.82, 2.24) is 4.67 Å². The Kier molecular flexibility index (Phi) is 4.49. The van der Waals surface area contributed by atoms with E-state index in [1.807, 2.05) is 35.0 Å². The van der Waals surface area contributed by atoms with E-state index in [1.165, 1.54) is 6.42 Å². The van der Waals surface area contributed by atoms with Crippen LogP contribution >= 0.6 is 19.3 Å². The SMILES string of the molecule is O=P1(N2CCCCC2)OCC(C(Cl)c2ccccc2)O1. The summed E-state index contributed by atoms with van der Waals surface area (Å²) in [6.07, 6.45) is 2.92. The second kappa shape index (κ2) is 6.17. The highest BCUT2D eigenvalue weighted by atomic mass is 35.5. The third kappa shape index (κ3) is 2.95. The number of hydrogen-bond acceptors (Lipinski definition) is 3. The highest BCUT2D eigenvalue weighted by Gasteiger charge is 2.45. The first kappa shape index (κ1) is 14.6. The van der Waals surface area contributed by atoms with Gasteiger partial charge < -0.3 is 0 Å². The summed E-state index contributed by atoms with van der Waals surface area (Å²) in [7, 11) is -3.13. The topological polar surface area (TPSA) is 38.8 Å². The summed E-state index contributed by atoms with van der Waals surface area (Å²) >= 11 is 6.43. The predicted octanol–water partition coefficient (Wildman–Crippen LogP) is 3.98. The molecular formula is C14H19ClNO3P. The van der Waals surface area contributed by atoms with E-state index in [9.17, 15) is 4.57 Å². The lowest BCUT2D eigenvalue weighted by Crippen LogP contribution is -2.27. The molecule has 0 spiro atoms. The lowest BCUT2D eigenvalue weighted by Gasteiger charge is -2.29. The lowest BCUT2D eigenvalue weighted by atomic mass is 10.1. The van der Waals surface area contributed by atoms with Crippen LogP contribution in [0, 0.1) is 0 Å². The van der Waals surface area contributed by atoms with Crippen molar-refractivity contribution in [2.75, 3.05) is 19.7 Å². The molecule has 0 bridgehead atoms. The fourth-order valence-electron chi connectivity index (χ4n) is 2.66. The number of hydrogen-bond donors (Lipinski definition) is 0. The summed E-state index contributed by atoms with van der Waals surface area (Å²) in [4.78, 5) is 0. The second-order valence-electron chi connectivity index (χ2n) is 5.23. The maximum absolute atomic E-state index is 12.7. The van der Waals surface area contributed by atoms with Crippen LogP contribution in [0.4, 0.5) is 0 Å². The smallest absolute Gasteiger partial charge is 0.294 e. The van der Waals surface area contributed by atoms with Crippen molar-refractivity contribution in [2.24, 2.45) is 0 Å². The van der Waals surface area contributed by atoms with E-state index >= 15 is 0 Å². The Hall–Kier alpha value is -0.380. The summed E-state index contributed by atoms with van der Waals surface area (Å²) < 4.78 is 25.8. The summed E-state index contributed by atoms with van der Waals surface area (Å²) in [5.74, 6) is 0. The van der Waals surface area contributed by atoms with Crippen LogP contribution in [0.3, 0.4) is 0 Å². The Labute approximate surface area is 124 Å². The van der Waals surface area contributed by atoms with Crippen LogP contribution in [0.1, 0.15) is 30.2 Å². The maximum atomic E-state index is 12.7. The lowest BCUT2D eigenvalue weighted by molar-refractivity contribution is 0.203. The van der Waals surface area contributed by atoms with E-state index in [2.05, 4.69) is 0 Å². The number of rotatable bonds is 3. The van der Waals surface area contributed by atoms with Crippen molar-refractivity contribution in [3.63, 3.8) is 0 Å². The minimum atomic E-state index is -3.13. The van der Waals surface area contributed by atoms with Gasteiger partial charge in [-0.2, -0.15) is 0 Å². The highest BCUT2D eigenvalue weighted by molar-refractivity contribution is 7.51. The maximum Gasteiger partial charge on any atom is 0.408 e. The van der Waals surface area contributed by atoms with E-state index in [0.29, 0.717) is 0 Å². The van der Waals surface area contributed by atoms with Crippen LogP contribution in [0.5, 0.6) is 0 Å². The quantitative estimate of drug-likeness (QED) is 0.625. The highest BCUT2D eigenvalue weighted by Crippen LogP contribution is 2.59. The molecule has 0 amide bonds. The first-order chi connectivity index (χ1) is 9.69. The van der Waals surface area contributed by atoms with Crippen LogP contribution in [0.25, 0.3) is 0 Å². The molecule has 0 saturated carbocycles. The molecule has 3 atom stereocenters. The third-order valence-electron chi connectivity index (χ3n) is 3.79. The molecule has 0 N–H and O–H groups in total. The van der Waals surface area contributed by atoms with Gasteiger partial charge in [-0.25, -0.2) is 9.24 Å². The van der Waals surface area contributed by atoms with Gasteiger partial charge in [0.15, 0.2) is 0 Å². The van der Waals surface area contributed by atoms with Crippen molar-refractivity contribution in [2.45, 2.75) is 30.7 Å². The first-order valence-corrected chi connectivity index (χ1v) is 9.00. The average molecular weight is 316 g/mol. The van der Waals surface area contributed by atoms with Crippen molar-refractivity contribution in [1.29, 1.82) is 0 Å². The molecule has 2 aliphatic heterocycles. The number of piperidine rings is 1. The molecule has 1 aromatic rings. The van der Waals surface area contributed by atoms with Gasteiger partial charge in [0.2, 0.25) is 0 Å². The first-order valence-electron chi connectivity index (χ1n) is 7.06. The summed E-state index contributed by atoms with van der Waals surface area (Å²) in [6.45, 7) is 1.85. The molecule has 0 radical (unpaired) electrons. The van der Waals surface area contributed by atoms with Crippen molar-refractivity contribution in [3.05, 3.63) is 35.9 Å². The number of alkyl halides is 1. The zero-order chi connectivity index (χ0) is 14.0. The van der Waals surface area contributed by atoms with Gasteiger partial charge in [0, 0.05) is 13.1 Å². The number of halogens is 1. The molecule has 2 heterocycles. The molecule has 2 fully saturated rings. The van der Waals surface area contributed by atoms with Crippen LogP contribution < -0.4 is 0 Å². The fourth-order valence-corrected chi connectivity index (χ4v) is 4.99. The van der Waals surface area contributed by atoms with Crippen molar-refractivity contribution >= 4 is 19.3 Å². The Morgan fingerprint density at radius 2 is 1.90 bits per heavy atom. The summed E-state index contributed by atoms with van der Waals surface area (Å²) in [6, 6.07) is 9.71. The van der Waals surface area contributed by atoms with Gasteiger partial charge in [0.25, 0.3) is 0 Å². The monoisotopic (exact) mass is 315 g/mol. The largest absolute Gasteiger partial charge is 0.408 e. The molecule has 2 aliphatic rings. The molecule has 2 saturated heterocycles. The number of nitrogens with zero attached hydrogens (tertiary/aromatic N) is 1. The van der Waals surface area contributed by atoms with E-state index in [0.717, 1.165) is 31.5 Å². The Balaban J connectivity index is 1.68. The minimum Gasteiger partial charge on any atom is -0.294 e. The van der Waals surface area contributed by atoms with Gasteiger partial charge in [-0.1, -0.05) is 36.8 Å². The van der Waals surface area contributed by atoms with Gasteiger partial charge in [-0.3, -0.25) is 9.05 Å². The van der Waals surface area contributed by atoms with E-state index in [1.54, 1.807) is 0 Å². The zero-order valence-corrected chi connectivity index (χ0v) is 12.9. The average Bonchev–Trinajstić information content (AvgIpc) is 2.92. The molecule has 3 unspecified atom stereocenters. The molecule has 6 heteroatoms. The Morgan fingerprint density at radius 1 is 1.20 bits per heavy atom. The molecule has 4 nitrogen and oxygen atoms in total. The fraction of sp³-hybridized carbons (Fsp3) is 0.571. The molecule has 3 rings (SSSR count). The van der Waals surface area contributed by atoms with Crippen LogP contribution in [-0.2, 0) is 13.6 Å². The van der Waals surface area contributed by atoms with Gasteiger partial charge >= 0.3 is 7.75 Å². The van der Waals surface area contributed by atoms with Gasteiger partial charge in [0.1, 0.15) is 6.10 Å². The summed E-state index contributed by atoms with van der Waals surface area (Å²) in [5.41, 5.74) is 0.967. The minimum absolute atomic E-state index is 0.289.